The standard InChI is InChI=1S/C14H6BrCl2F3O/c15-8-2-3-9(10(6-8)14(18,19)20)13(21)7-1-4-11(16)12(17)5-7/h1-6H. The first-order valence-electron chi connectivity index (χ1n) is 5.56. The van der Waals surface area contributed by atoms with Crippen LogP contribution in [0.25, 0.3) is 0 Å². The smallest absolute Gasteiger partial charge is 0.289 e. The summed E-state index contributed by atoms with van der Waals surface area (Å²) in [5.41, 5.74) is -1.41. The number of hydrogen-bond acceptors (Lipinski definition) is 1. The molecule has 0 aliphatic rings. The molecule has 2 rings (SSSR count). The fourth-order valence-corrected chi connectivity index (χ4v) is 2.40. The van der Waals surface area contributed by atoms with E-state index in [4.69, 9.17) is 23.2 Å². The van der Waals surface area contributed by atoms with Crippen LogP contribution in [0.4, 0.5) is 13.2 Å². The Morgan fingerprint density at radius 3 is 2.24 bits per heavy atom. The van der Waals surface area contributed by atoms with Crippen LogP contribution in [0, 0.1) is 0 Å². The highest BCUT2D eigenvalue weighted by atomic mass is 79.9. The van der Waals surface area contributed by atoms with Crippen molar-refractivity contribution in [1.29, 1.82) is 0 Å². The number of hydrogen-bond donors (Lipinski definition) is 0. The molecule has 2 aromatic carbocycles. The molecule has 0 saturated carbocycles. The van der Waals surface area contributed by atoms with Gasteiger partial charge in [0.2, 0.25) is 0 Å². The molecule has 0 atom stereocenters. The van der Waals surface area contributed by atoms with E-state index in [1.807, 2.05) is 0 Å². The fraction of sp³-hybridized carbons (Fsp3) is 0.0714. The first kappa shape index (κ1) is 16.3. The van der Waals surface area contributed by atoms with Gasteiger partial charge in [-0.2, -0.15) is 13.2 Å². The molecule has 0 aliphatic carbocycles. The summed E-state index contributed by atoms with van der Waals surface area (Å²) in [6.45, 7) is 0. The minimum Gasteiger partial charge on any atom is -0.289 e. The van der Waals surface area contributed by atoms with Crippen LogP contribution >= 0.6 is 39.1 Å². The van der Waals surface area contributed by atoms with E-state index in [0.29, 0.717) is 0 Å². The number of rotatable bonds is 2. The molecule has 2 aromatic rings. The lowest BCUT2D eigenvalue weighted by atomic mass is 9.98. The maximum Gasteiger partial charge on any atom is 0.417 e. The summed E-state index contributed by atoms with van der Waals surface area (Å²) >= 11 is 14.5. The highest BCUT2D eigenvalue weighted by molar-refractivity contribution is 9.10. The third-order valence-corrected chi connectivity index (χ3v) is 3.95. The van der Waals surface area contributed by atoms with Gasteiger partial charge >= 0.3 is 6.18 Å². The van der Waals surface area contributed by atoms with Crippen molar-refractivity contribution in [2.75, 3.05) is 0 Å². The van der Waals surface area contributed by atoms with Gasteiger partial charge < -0.3 is 0 Å². The van der Waals surface area contributed by atoms with Gasteiger partial charge in [-0.25, -0.2) is 0 Å². The SMILES string of the molecule is O=C(c1ccc(Cl)c(Cl)c1)c1ccc(Br)cc1C(F)(F)F. The van der Waals surface area contributed by atoms with E-state index in [1.54, 1.807) is 0 Å². The van der Waals surface area contributed by atoms with E-state index >= 15 is 0 Å². The molecule has 0 unspecified atom stereocenters. The van der Waals surface area contributed by atoms with Gasteiger partial charge in [0.25, 0.3) is 0 Å². The van der Waals surface area contributed by atoms with Gasteiger partial charge in [0.15, 0.2) is 5.78 Å². The lowest BCUT2D eigenvalue weighted by molar-refractivity contribution is -0.137. The molecule has 7 heteroatoms. The van der Waals surface area contributed by atoms with Crippen LogP contribution in [0.1, 0.15) is 21.5 Å². The molecule has 0 radical (unpaired) electrons. The number of halogens is 6. The highest BCUT2D eigenvalue weighted by Crippen LogP contribution is 2.35. The number of alkyl halides is 3. The molecule has 0 fully saturated rings. The van der Waals surface area contributed by atoms with Gasteiger partial charge in [-0.3, -0.25) is 4.79 Å². The van der Waals surface area contributed by atoms with Crippen molar-refractivity contribution in [3.8, 4) is 0 Å². The topological polar surface area (TPSA) is 17.1 Å². The molecule has 0 aromatic heterocycles. The molecule has 0 heterocycles. The van der Waals surface area contributed by atoms with E-state index in [1.165, 1.54) is 24.3 Å². The number of carbonyl (C=O) groups excluding carboxylic acids is 1. The van der Waals surface area contributed by atoms with Crippen molar-refractivity contribution in [2.24, 2.45) is 0 Å². The molecule has 1 nitrogen and oxygen atoms in total. The second-order valence-corrected chi connectivity index (χ2v) is 5.88. The van der Waals surface area contributed by atoms with Gasteiger partial charge in [-0.15, -0.1) is 0 Å². The summed E-state index contributed by atoms with van der Waals surface area (Å²) in [4.78, 5) is 12.3. The fourth-order valence-electron chi connectivity index (χ4n) is 1.74. The lowest BCUT2D eigenvalue weighted by Gasteiger charge is -2.13. The van der Waals surface area contributed by atoms with Crippen LogP contribution < -0.4 is 0 Å². The zero-order valence-corrected chi connectivity index (χ0v) is 13.2. The van der Waals surface area contributed by atoms with Crippen LogP contribution in [0.5, 0.6) is 0 Å². The van der Waals surface area contributed by atoms with Crippen molar-refractivity contribution >= 4 is 44.9 Å². The summed E-state index contributed by atoms with van der Waals surface area (Å²) in [6, 6.07) is 7.30. The zero-order valence-electron chi connectivity index (χ0n) is 10.1. The molecule has 110 valence electrons. The van der Waals surface area contributed by atoms with Crippen molar-refractivity contribution in [2.45, 2.75) is 6.18 Å². The van der Waals surface area contributed by atoms with Crippen molar-refractivity contribution in [1.82, 2.24) is 0 Å². The molecule has 0 bridgehead atoms. The largest absolute Gasteiger partial charge is 0.417 e. The average molecular weight is 398 g/mol. The minimum atomic E-state index is -4.63. The predicted octanol–water partition coefficient (Wildman–Crippen LogP) is 6.01. The molecule has 0 aliphatic heterocycles. The van der Waals surface area contributed by atoms with Crippen LogP contribution in [-0.4, -0.2) is 5.78 Å². The third-order valence-electron chi connectivity index (χ3n) is 2.71. The molecule has 0 saturated heterocycles. The van der Waals surface area contributed by atoms with Crippen molar-refractivity contribution in [3.63, 3.8) is 0 Å². The Morgan fingerprint density at radius 1 is 1.00 bits per heavy atom. The van der Waals surface area contributed by atoms with Crippen molar-refractivity contribution < 1.29 is 18.0 Å². The maximum atomic E-state index is 13.0. The minimum absolute atomic E-state index is 0.0391. The van der Waals surface area contributed by atoms with E-state index in [0.717, 1.165) is 12.1 Å². The summed E-state index contributed by atoms with van der Waals surface area (Å²) in [7, 11) is 0. The average Bonchev–Trinajstić information content (AvgIpc) is 2.40. The van der Waals surface area contributed by atoms with Crippen LogP contribution in [0.3, 0.4) is 0 Å². The van der Waals surface area contributed by atoms with Crippen LogP contribution in [0.15, 0.2) is 40.9 Å². The Bertz CT molecular complexity index is 714. The van der Waals surface area contributed by atoms with Crippen molar-refractivity contribution in [3.05, 3.63) is 67.6 Å². The summed E-state index contributed by atoms with van der Waals surface area (Å²) in [6.07, 6.45) is -4.63. The summed E-state index contributed by atoms with van der Waals surface area (Å²) < 4.78 is 39.3. The van der Waals surface area contributed by atoms with E-state index < -0.39 is 23.1 Å². The molecule has 0 amide bonds. The zero-order chi connectivity index (χ0) is 15.8. The molecular formula is C14H6BrCl2F3O. The normalized spacial score (nSPS) is 11.5. The molecular weight excluding hydrogens is 392 g/mol. The molecule has 21 heavy (non-hydrogen) atoms. The Morgan fingerprint density at radius 2 is 1.67 bits per heavy atom. The lowest BCUT2D eigenvalue weighted by Crippen LogP contribution is -2.14. The van der Waals surface area contributed by atoms with Crippen LogP contribution in [0.2, 0.25) is 10.0 Å². The van der Waals surface area contributed by atoms with E-state index in [-0.39, 0.29) is 20.1 Å². The maximum absolute atomic E-state index is 13.0. The van der Waals surface area contributed by atoms with Gasteiger partial charge in [0.05, 0.1) is 15.6 Å². The third kappa shape index (κ3) is 3.59. The van der Waals surface area contributed by atoms with Crippen LogP contribution in [-0.2, 0) is 6.18 Å². The Kier molecular flexibility index (Phi) is 4.66. The summed E-state index contributed by atoms with van der Waals surface area (Å²) in [5.74, 6) is -0.770. The van der Waals surface area contributed by atoms with Gasteiger partial charge in [-0.05, 0) is 36.4 Å². The number of ketones is 1. The summed E-state index contributed by atoms with van der Waals surface area (Å²) in [5, 5.41) is 0.327. The second kappa shape index (κ2) is 5.99. The highest BCUT2D eigenvalue weighted by Gasteiger charge is 2.35. The van der Waals surface area contributed by atoms with Gasteiger partial charge in [-0.1, -0.05) is 39.1 Å². The first-order chi connectivity index (χ1) is 9.70. The van der Waals surface area contributed by atoms with Gasteiger partial charge in [0, 0.05) is 15.6 Å². The second-order valence-electron chi connectivity index (χ2n) is 4.15. The monoisotopic (exact) mass is 396 g/mol. The molecule has 0 N–H and O–H groups in total. The quantitative estimate of drug-likeness (QED) is 0.567. The Labute approximate surface area is 136 Å². The Hall–Kier alpha value is -1.04. The first-order valence-corrected chi connectivity index (χ1v) is 7.11. The number of carbonyl (C=O) groups is 1. The van der Waals surface area contributed by atoms with E-state index in [2.05, 4.69) is 15.9 Å². The predicted molar refractivity (Wildman–Crippen MR) is 79.0 cm³/mol. The number of benzene rings is 2. The molecule has 0 spiro atoms. The Balaban J connectivity index is 2.55. The van der Waals surface area contributed by atoms with E-state index in [9.17, 15) is 18.0 Å². The van der Waals surface area contributed by atoms with Gasteiger partial charge in [0.1, 0.15) is 0 Å².